The van der Waals surface area contributed by atoms with Crippen LogP contribution in [-0.2, 0) is 0 Å². The van der Waals surface area contributed by atoms with Crippen molar-refractivity contribution >= 4 is 11.6 Å². The van der Waals surface area contributed by atoms with E-state index < -0.39 is 0 Å². The largest absolute Gasteiger partial charge is 0.350 e. The summed E-state index contributed by atoms with van der Waals surface area (Å²) in [4.78, 5) is 15.8. The number of aromatic nitrogens is 3. The third kappa shape index (κ3) is 1.81. The Morgan fingerprint density at radius 2 is 2.33 bits per heavy atom. The molecule has 0 spiro atoms. The molecule has 2 heterocycles. The van der Waals surface area contributed by atoms with E-state index in [4.69, 9.17) is 0 Å². The molecule has 0 saturated carbocycles. The maximum absolute atomic E-state index is 11.8. The summed E-state index contributed by atoms with van der Waals surface area (Å²) in [6.45, 7) is 3.84. The molecule has 78 valence electrons. The molecule has 2 rings (SSSR count). The van der Waals surface area contributed by atoms with Crippen molar-refractivity contribution in [3.05, 3.63) is 30.2 Å². The average molecular weight is 204 g/mol. The molecule has 0 aliphatic heterocycles. The van der Waals surface area contributed by atoms with E-state index >= 15 is 0 Å². The van der Waals surface area contributed by atoms with Gasteiger partial charge in [0, 0.05) is 12.2 Å². The van der Waals surface area contributed by atoms with Crippen LogP contribution in [0.5, 0.6) is 0 Å². The molecular weight excluding hydrogens is 192 g/mol. The van der Waals surface area contributed by atoms with Crippen molar-refractivity contribution in [1.82, 2.24) is 19.9 Å². The first kappa shape index (κ1) is 9.64. The van der Waals surface area contributed by atoms with Crippen LogP contribution in [0.4, 0.5) is 0 Å². The minimum absolute atomic E-state index is 0.112. The fraction of sp³-hybridized carbons (Fsp3) is 0.300. The highest BCUT2D eigenvalue weighted by Gasteiger charge is 2.12. The summed E-state index contributed by atoms with van der Waals surface area (Å²) >= 11 is 0. The molecule has 0 fully saturated rings. The Labute approximate surface area is 87.1 Å². The molecule has 0 saturated heterocycles. The minimum Gasteiger partial charge on any atom is -0.350 e. The Morgan fingerprint density at radius 1 is 1.53 bits per heavy atom. The number of hydrogen-bond donors (Lipinski definition) is 1. The highest BCUT2D eigenvalue weighted by Crippen LogP contribution is 2.06. The van der Waals surface area contributed by atoms with E-state index in [1.165, 1.54) is 6.33 Å². The first-order chi connectivity index (χ1) is 7.18. The quantitative estimate of drug-likeness (QED) is 0.789. The Balaban J connectivity index is 2.42. The van der Waals surface area contributed by atoms with E-state index in [0.29, 0.717) is 11.2 Å². The molecule has 0 aliphatic rings. The number of amides is 1. The maximum Gasteiger partial charge on any atom is 0.255 e. The lowest BCUT2D eigenvalue weighted by atomic mass is 10.2. The Bertz CT molecular complexity index is 489. The van der Waals surface area contributed by atoms with Crippen LogP contribution in [0.15, 0.2) is 24.7 Å². The molecule has 5 heteroatoms. The van der Waals surface area contributed by atoms with Gasteiger partial charge in [-0.25, -0.2) is 9.50 Å². The van der Waals surface area contributed by atoms with Crippen LogP contribution in [0, 0.1) is 0 Å². The van der Waals surface area contributed by atoms with Crippen LogP contribution in [-0.4, -0.2) is 26.5 Å². The average Bonchev–Trinajstić information content (AvgIpc) is 2.63. The van der Waals surface area contributed by atoms with Crippen LogP contribution in [0.3, 0.4) is 0 Å². The van der Waals surface area contributed by atoms with E-state index in [1.54, 1.807) is 22.8 Å². The number of fused-ring (bicyclic) bond motifs is 1. The van der Waals surface area contributed by atoms with E-state index in [9.17, 15) is 4.79 Å². The van der Waals surface area contributed by atoms with Gasteiger partial charge in [0.25, 0.3) is 5.91 Å². The van der Waals surface area contributed by atoms with Gasteiger partial charge in [0.15, 0.2) is 5.65 Å². The molecule has 0 radical (unpaired) electrons. The molecule has 0 bridgehead atoms. The van der Waals surface area contributed by atoms with Gasteiger partial charge >= 0.3 is 0 Å². The third-order valence-corrected chi connectivity index (χ3v) is 1.97. The van der Waals surface area contributed by atoms with Gasteiger partial charge in [-0.2, -0.15) is 5.10 Å². The monoisotopic (exact) mass is 204 g/mol. The summed E-state index contributed by atoms with van der Waals surface area (Å²) in [5.74, 6) is -0.122. The van der Waals surface area contributed by atoms with Gasteiger partial charge < -0.3 is 5.32 Å². The van der Waals surface area contributed by atoms with E-state index in [2.05, 4.69) is 15.4 Å². The Kier molecular flexibility index (Phi) is 2.37. The molecule has 2 aromatic rings. The number of hydrogen-bond acceptors (Lipinski definition) is 3. The molecule has 2 aromatic heterocycles. The van der Waals surface area contributed by atoms with E-state index in [0.717, 1.165) is 0 Å². The van der Waals surface area contributed by atoms with E-state index in [1.807, 2.05) is 13.8 Å². The third-order valence-electron chi connectivity index (χ3n) is 1.97. The SMILES string of the molecule is CC(C)NC(=O)c1cccn2ncnc12. The van der Waals surface area contributed by atoms with Gasteiger partial charge in [0.1, 0.15) is 6.33 Å². The van der Waals surface area contributed by atoms with Crippen LogP contribution in [0.25, 0.3) is 5.65 Å². The number of rotatable bonds is 2. The standard InChI is InChI=1S/C10H12N4O/c1-7(2)13-10(15)8-4-3-5-14-9(8)11-6-12-14/h3-7H,1-2H3,(H,13,15). The molecule has 15 heavy (non-hydrogen) atoms. The molecule has 5 nitrogen and oxygen atoms in total. The summed E-state index contributed by atoms with van der Waals surface area (Å²) in [7, 11) is 0. The summed E-state index contributed by atoms with van der Waals surface area (Å²) in [5, 5.41) is 6.79. The first-order valence-electron chi connectivity index (χ1n) is 4.77. The van der Waals surface area contributed by atoms with Gasteiger partial charge in [-0.15, -0.1) is 0 Å². The van der Waals surface area contributed by atoms with Crippen molar-refractivity contribution < 1.29 is 4.79 Å². The summed E-state index contributed by atoms with van der Waals surface area (Å²) < 4.78 is 1.58. The molecule has 0 aliphatic carbocycles. The van der Waals surface area contributed by atoms with Crippen molar-refractivity contribution in [2.45, 2.75) is 19.9 Å². The maximum atomic E-state index is 11.8. The molecular formula is C10H12N4O. The second kappa shape index (κ2) is 3.68. The topological polar surface area (TPSA) is 59.3 Å². The second-order valence-electron chi connectivity index (χ2n) is 3.58. The first-order valence-corrected chi connectivity index (χ1v) is 4.77. The Hall–Kier alpha value is -1.91. The highest BCUT2D eigenvalue weighted by molar-refractivity contribution is 5.99. The number of carbonyl (C=O) groups excluding carboxylic acids is 1. The van der Waals surface area contributed by atoms with Crippen LogP contribution >= 0.6 is 0 Å². The predicted octanol–water partition coefficient (Wildman–Crippen LogP) is 0.867. The van der Waals surface area contributed by atoms with Crippen LogP contribution in [0.1, 0.15) is 24.2 Å². The fourth-order valence-corrected chi connectivity index (χ4v) is 1.36. The molecule has 0 unspecified atom stereocenters. The number of carbonyl (C=O) groups is 1. The normalized spacial score (nSPS) is 10.9. The van der Waals surface area contributed by atoms with Crippen LogP contribution in [0.2, 0.25) is 0 Å². The van der Waals surface area contributed by atoms with Crippen molar-refractivity contribution in [2.24, 2.45) is 0 Å². The zero-order valence-electron chi connectivity index (χ0n) is 8.64. The predicted molar refractivity (Wildman–Crippen MR) is 55.6 cm³/mol. The smallest absolute Gasteiger partial charge is 0.255 e. The van der Waals surface area contributed by atoms with Crippen molar-refractivity contribution in [1.29, 1.82) is 0 Å². The fourth-order valence-electron chi connectivity index (χ4n) is 1.36. The summed E-state index contributed by atoms with van der Waals surface area (Å²) in [5.41, 5.74) is 1.12. The van der Waals surface area contributed by atoms with Gasteiger partial charge in [0.05, 0.1) is 5.56 Å². The second-order valence-corrected chi connectivity index (χ2v) is 3.58. The lowest BCUT2D eigenvalue weighted by molar-refractivity contribution is 0.0944. The van der Waals surface area contributed by atoms with Gasteiger partial charge in [-0.1, -0.05) is 0 Å². The number of pyridine rings is 1. The zero-order chi connectivity index (χ0) is 10.8. The summed E-state index contributed by atoms with van der Waals surface area (Å²) in [6.07, 6.45) is 3.19. The molecule has 0 atom stereocenters. The van der Waals surface area contributed by atoms with Crippen molar-refractivity contribution in [2.75, 3.05) is 0 Å². The summed E-state index contributed by atoms with van der Waals surface area (Å²) in [6, 6.07) is 3.62. The molecule has 0 aromatic carbocycles. The lowest BCUT2D eigenvalue weighted by Gasteiger charge is -2.08. The highest BCUT2D eigenvalue weighted by atomic mass is 16.1. The van der Waals surface area contributed by atoms with E-state index in [-0.39, 0.29) is 11.9 Å². The molecule has 1 N–H and O–H groups in total. The number of nitrogens with one attached hydrogen (secondary N) is 1. The zero-order valence-corrected chi connectivity index (χ0v) is 8.64. The van der Waals surface area contributed by atoms with Crippen molar-refractivity contribution in [3.63, 3.8) is 0 Å². The van der Waals surface area contributed by atoms with Gasteiger partial charge in [-0.3, -0.25) is 4.79 Å². The van der Waals surface area contributed by atoms with Gasteiger partial charge in [0.2, 0.25) is 0 Å². The van der Waals surface area contributed by atoms with Crippen LogP contribution < -0.4 is 5.32 Å². The van der Waals surface area contributed by atoms with Gasteiger partial charge in [-0.05, 0) is 26.0 Å². The van der Waals surface area contributed by atoms with Crippen molar-refractivity contribution in [3.8, 4) is 0 Å². The Morgan fingerprint density at radius 3 is 3.07 bits per heavy atom. The lowest BCUT2D eigenvalue weighted by Crippen LogP contribution is -2.30. The number of nitrogens with zero attached hydrogens (tertiary/aromatic N) is 3. The molecule has 1 amide bonds. The minimum atomic E-state index is -0.122.